The van der Waals surface area contributed by atoms with Crippen molar-refractivity contribution in [2.75, 3.05) is 19.8 Å². The molecule has 1 heterocycles. The minimum atomic E-state index is -3.59. The van der Waals surface area contributed by atoms with E-state index in [1.165, 1.54) is 11.1 Å². The lowest BCUT2D eigenvalue weighted by Gasteiger charge is -2.23. The zero-order chi connectivity index (χ0) is 21.1. The van der Waals surface area contributed by atoms with Gasteiger partial charge in [-0.05, 0) is 43.5 Å². The van der Waals surface area contributed by atoms with Gasteiger partial charge in [-0.2, -0.15) is 4.31 Å². The van der Waals surface area contributed by atoms with E-state index in [0.717, 1.165) is 24.1 Å². The van der Waals surface area contributed by atoms with Crippen molar-refractivity contribution in [3.8, 4) is 0 Å². The highest BCUT2D eigenvalue weighted by atomic mass is 32.2. The number of hydrogen-bond donors (Lipinski definition) is 0. The zero-order valence-electron chi connectivity index (χ0n) is 17.5. The van der Waals surface area contributed by atoms with Crippen molar-refractivity contribution in [1.82, 2.24) is 9.21 Å². The smallest absolute Gasteiger partial charge is 0.244 e. The van der Waals surface area contributed by atoms with Crippen molar-refractivity contribution in [3.05, 3.63) is 101 Å². The van der Waals surface area contributed by atoms with Crippen molar-refractivity contribution < 1.29 is 8.42 Å². The van der Waals surface area contributed by atoms with Crippen LogP contribution < -0.4 is 0 Å². The molecule has 3 aromatic carbocycles. The Hall–Kier alpha value is -2.47. The summed E-state index contributed by atoms with van der Waals surface area (Å²) < 4.78 is 28.7. The van der Waals surface area contributed by atoms with Crippen LogP contribution in [0.4, 0.5) is 0 Å². The molecule has 0 radical (unpaired) electrons. The van der Waals surface area contributed by atoms with Crippen LogP contribution in [0, 0.1) is 13.8 Å². The van der Waals surface area contributed by atoms with Gasteiger partial charge >= 0.3 is 0 Å². The van der Waals surface area contributed by atoms with Gasteiger partial charge in [-0.25, -0.2) is 8.42 Å². The molecule has 0 aliphatic carbocycles. The molecule has 0 aromatic heterocycles. The monoisotopic (exact) mass is 420 g/mol. The summed E-state index contributed by atoms with van der Waals surface area (Å²) >= 11 is 0. The average molecular weight is 421 g/mol. The van der Waals surface area contributed by atoms with Gasteiger partial charge in [0.1, 0.15) is 0 Å². The van der Waals surface area contributed by atoms with Crippen LogP contribution in [0.5, 0.6) is 0 Å². The molecule has 1 fully saturated rings. The highest BCUT2D eigenvalue weighted by molar-refractivity contribution is 7.89. The van der Waals surface area contributed by atoms with E-state index in [4.69, 9.17) is 0 Å². The van der Waals surface area contributed by atoms with E-state index in [9.17, 15) is 8.42 Å². The second kappa shape index (κ2) is 8.72. The van der Waals surface area contributed by atoms with Crippen molar-refractivity contribution in [1.29, 1.82) is 0 Å². The predicted molar refractivity (Wildman–Crippen MR) is 121 cm³/mol. The molecular weight excluding hydrogens is 392 g/mol. The molecule has 3 aromatic rings. The maximum absolute atomic E-state index is 13.5. The Bertz CT molecular complexity index is 1080. The van der Waals surface area contributed by atoms with E-state index < -0.39 is 10.0 Å². The van der Waals surface area contributed by atoms with Crippen LogP contribution in [0.25, 0.3) is 0 Å². The molecule has 5 heteroatoms. The third-order valence-electron chi connectivity index (χ3n) is 5.77. The number of sulfonamides is 1. The second-order valence-corrected chi connectivity index (χ2v) is 9.98. The van der Waals surface area contributed by atoms with Crippen LogP contribution in [0.2, 0.25) is 0 Å². The summed E-state index contributed by atoms with van der Waals surface area (Å²) in [5.74, 6) is 0. The van der Waals surface area contributed by atoms with Gasteiger partial charge < -0.3 is 0 Å². The Morgan fingerprint density at radius 3 is 2.07 bits per heavy atom. The van der Waals surface area contributed by atoms with Crippen molar-refractivity contribution >= 4 is 10.0 Å². The largest absolute Gasteiger partial charge is 0.287 e. The fourth-order valence-electron chi connectivity index (χ4n) is 3.93. The van der Waals surface area contributed by atoms with Crippen LogP contribution in [0.1, 0.15) is 28.3 Å². The standard InChI is InChI=1S/C25H28N2O2S/c1-20-8-12-23(13-9-20)25-18-26(17-16-22-6-4-3-5-7-22)19-27(25)30(28,29)24-14-10-21(2)11-15-24/h3-15,25H,16-19H2,1-2H3. The van der Waals surface area contributed by atoms with Gasteiger partial charge in [-0.1, -0.05) is 77.9 Å². The van der Waals surface area contributed by atoms with E-state index in [1.807, 2.05) is 44.2 Å². The second-order valence-electron chi connectivity index (χ2n) is 8.09. The molecule has 1 aliphatic heterocycles. The van der Waals surface area contributed by atoms with Crippen molar-refractivity contribution in [3.63, 3.8) is 0 Å². The number of benzene rings is 3. The van der Waals surface area contributed by atoms with Gasteiger partial charge in [-0.15, -0.1) is 0 Å². The maximum Gasteiger partial charge on any atom is 0.244 e. The highest BCUT2D eigenvalue weighted by Crippen LogP contribution is 2.33. The number of nitrogens with zero attached hydrogens (tertiary/aromatic N) is 2. The quantitative estimate of drug-likeness (QED) is 0.587. The molecule has 1 atom stereocenters. The predicted octanol–water partition coefficient (Wildman–Crippen LogP) is 4.55. The first kappa shape index (κ1) is 20.8. The minimum absolute atomic E-state index is 0.187. The lowest BCUT2D eigenvalue weighted by Crippen LogP contribution is -2.33. The molecule has 1 saturated heterocycles. The number of aryl methyl sites for hydroxylation is 2. The summed E-state index contributed by atoms with van der Waals surface area (Å²) in [5, 5.41) is 0. The van der Waals surface area contributed by atoms with Gasteiger partial charge in [0.2, 0.25) is 10.0 Å². The fraction of sp³-hybridized carbons (Fsp3) is 0.280. The summed E-state index contributed by atoms with van der Waals surface area (Å²) in [5.41, 5.74) is 4.53. The normalized spacial score (nSPS) is 18.0. The molecule has 0 amide bonds. The highest BCUT2D eigenvalue weighted by Gasteiger charge is 2.39. The Morgan fingerprint density at radius 1 is 0.833 bits per heavy atom. The van der Waals surface area contributed by atoms with Gasteiger partial charge in [-0.3, -0.25) is 4.90 Å². The minimum Gasteiger partial charge on any atom is -0.287 e. The first-order chi connectivity index (χ1) is 14.4. The van der Waals surface area contributed by atoms with E-state index in [1.54, 1.807) is 16.4 Å². The van der Waals surface area contributed by atoms with E-state index in [2.05, 4.69) is 41.3 Å². The van der Waals surface area contributed by atoms with Gasteiger partial charge in [0.15, 0.2) is 0 Å². The lowest BCUT2D eigenvalue weighted by atomic mass is 10.1. The topological polar surface area (TPSA) is 40.6 Å². The molecule has 0 N–H and O–H groups in total. The number of rotatable bonds is 6. The van der Waals surface area contributed by atoms with Crippen LogP contribution in [-0.4, -0.2) is 37.4 Å². The van der Waals surface area contributed by atoms with E-state index >= 15 is 0 Å². The summed E-state index contributed by atoms with van der Waals surface area (Å²) in [4.78, 5) is 2.60. The molecule has 0 bridgehead atoms. The van der Waals surface area contributed by atoms with Crippen LogP contribution >= 0.6 is 0 Å². The van der Waals surface area contributed by atoms with Gasteiger partial charge in [0, 0.05) is 13.1 Å². The molecule has 1 aliphatic rings. The van der Waals surface area contributed by atoms with Crippen molar-refractivity contribution in [2.24, 2.45) is 0 Å². The first-order valence-corrected chi connectivity index (χ1v) is 11.8. The van der Waals surface area contributed by atoms with Gasteiger partial charge in [0.25, 0.3) is 0 Å². The Kier molecular flexibility index (Phi) is 6.04. The Morgan fingerprint density at radius 2 is 1.43 bits per heavy atom. The molecule has 1 unspecified atom stereocenters. The third kappa shape index (κ3) is 4.48. The maximum atomic E-state index is 13.5. The molecule has 4 rings (SSSR count). The molecule has 30 heavy (non-hydrogen) atoms. The molecule has 0 spiro atoms. The Balaban J connectivity index is 1.61. The molecule has 0 saturated carbocycles. The lowest BCUT2D eigenvalue weighted by molar-refractivity contribution is 0.306. The summed E-state index contributed by atoms with van der Waals surface area (Å²) in [7, 11) is -3.59. The van der Waals surface area contributed by atoms with Crippen molar-refractivity contribution in [2.45, 2.75) is 31.2 Å². The van der Waals surface area contributed by atoms with Crippen LogP contribution in [0.15, 0.2) is 83.8 Å². The SMILES string of the molecule is Cc1ccc(C2CN(CCc3ccccc3)CN2S(=O)(=O)c2ccc(C)cc2)cc1. The molecular formula is C25H28N2O2S. The third-order valence-corrected chi connectivity index (χ3v) is 7.62. The fourth-order valence-corrected chi connectivity index (χ4v) is 5.52. The molecule has 4 nitrogen and oxygen atoms in total. The first-order valence-electron chi connectivity index (χ1n) is 10.3. The zero-order valence-corrected chi connectivity index (χ0v) is 18.3. The summed E-state index contributed by atoms with van der Waals surface area (Å²) in [6.07, 6.45) is 0.903. The van der Waals surface area contributed by atoms with Crippen LogP contribution in [0.3, 0.4) is 0 Å². The number of hydrogen-bond acceptors (Lipinski definition) is 3. The average Bonchev–Trinajstić information content (AvgIpc) is 3.19. The van der Waals surface area contributed by atoms with E-state index in [0.29, 0.717) is 18.1 Å². The van der Waals surface area contributed by atoms with Crippen LogP contribution in [-0.2, 0) is 16.4 Å². The summed E-state index contributed by atoms with van der Waals surface area (Å²) in [6, 6.07) is 25.5. The van der Waals surface area contributed by atoms with E-state index in [-0.39, 0.29) is 6.04 Å². The van der Waals surface area contributed by atoms with Gasteiger partial charge in [0.05, 0.1) is 17.6 Å². The molecule has 156 valence electrons. The Labute approximate surface area is 179 Å². The summed E-state index contributed by atoms with van der Waals surface area (Å²) in [6.45, 7) is 5.94.